The van der Waals surface area contributed by atoms with E-state index in [0.29, 0.717) is 28.6 Å². The Kier molecular flexibility index (Phi) is 3.88. The van der Waals surface area contributed by atoms with E-state index in [2.05, 4.69) is 21.2 Å². The average Bonchev–Trinajstić information content (AvgIpc) is 3.74. The third kappa shape index (κ3) is 3.16. The smallest absolute Gasteiger partial charge is 0.275 e. The van der Waals surface area contributed by atoms with Gasteiger partial charge in [0.25, 0.3) is 5.56 Å². The summed E-state index contributed by atoms with van der Waals surface area (Å²) in [7, 11) is 1.89. The lowest BCUT2D eigenvalue weighted by molar-refractivity contribution is 0.580. The fourth-order valence-electron chi connectivity index (χ4n) is 4.63. The summed E-state index contributed by atoms with van der Waals surface area (Å²) in [6.07, 6.45) is 10.4. The first-order chi connectivity index (χ1) is 16.1. The quantitative estimate of drug-likeness (QED) is 0.417. The molecule has 0 bridgehead atoms. The molecule has 0 saturated heterocycles. The van der Waals surface area contributed by atoms with E-state index in [9.17, 15) is 4.79 Å². The summed E-state index contributed by atoms with van der Waals surface area (Å²) >= 11 is 0. The molecule has 2 aliphatic rings. The van der Waals surface area contributed by atoms with E-state index in [1.165, 1.54) is 30.4 Å². The minimum atomic E-state index is -0.163. The molecule has 1 aromatic carbocycles. The molecule has 0 radical (unpaired) electrons. The van der Waals surface area contributed by atoms with Crippen molar-refractivity contribution in [3.63, 3.8) is 0 Å². The first-order valence-corrected chi connectivity index (χ1v) is 11.5. The topological polar surface area (TPSA) is 83.4 Å². The van der Waals surface area contributed by atoms with Crippen LogP contribution >= 0.6 is 0 Å². The van der Waals surface area contributed by atoms with Crippen LogP contribution in [0.3, 0.4) is 0 Å². The molecule has 2 saturated carbocycles. The van der Waals surface area contributed by atoms with Crippen molar-refractivity contribution >= 4 is 21.9 Å². The fourth-order valence-corrected chi connectivity index (χ4v) is 4.63. The zero-order chi connectivity index (χ0) is 22.1. The highest BCUT2D eigenvalue weighted by molar-refractivity contribution is 5.91. The van der Waals surface area contributed by atoms with Gasteiger partial charge in [-0.1, -0.05) is 6.07 Å². The lowest BCUT2D eigenvalue weighted by Gasteiger charge is -2.12. The molecular formula is C25H23N7O. The Morgan fingerprint density at radius 1 is 1.00 bits per heavy atom. The summed E-state index contributed by atoms with van der Waals surface area (Å²) < 4.78 is 5.22. The van der Waals surface area contributed by atoms with Crippen molar-refractivity contribution in [3.8, 4) is 16.8 Å². The number of pyridine rings is 1. The van der Waals surface area contributed by atoms with Crippen molar-refractivity contribution in [3.05, 3.63) is 65.0 Å². The molecule has 0 unspecified atom stereocenters. The number of benzene rings is 1. The highest BCUT2D eigenvalue weighted by Crippen LogP contribution is 2.39. The minimum Gasteiger partial charge on any atom is -0.275 e. The second-order valence-electron chi connectivity index (χ2n) is 9.39. The molecule has 164 valence electrons. The lowest BCUT2D eigenvalue weighted by atomic mass is 10.1. The van der Waals surface area contributed by atoms with E-state index in [-0.39, 0.29) is 5.56 Å². The van der Waals surface area contributed by atoms with Gasteiger partial charge in [-0.25, -0.2) is 0 Å². The Morgan fingerprint density at radius 3 is 2.64 bits per heavy atom. The Labute approximate surface area is 189 Å². The van der Waals surface area contributed by atoms with E-state index < -0.39 is 0 Å². The molecule has 4 heterocycles. The van der Waals surface area contributed by atoms with E-state index >= 15 is 0 Å². The van der Waals surface area contributed by atoms with Gasteiger partial charge in [0.2, 0.25) is 0 Å². The second-order valence-corrected chi connectivity index (χ2v) is 9.39. The van der Waals surface area contributed by atoms with Crippen LogP contribution in [0.15, 0.2) is 53.7 Å². The highest BCUT2D eigenvalue weighted by Gasteiger charge is 2.27. The Bertz CT molecular complexity index is 1580. The van der Waals surface area contributed by atoms with Gasteiger partial charge < -0.3 is 0 Å². The van der Waals surface area contributed by atoms with E-state index in [0.717, 1.165) is 34.2 Å². The van der Waals surface area contributed by atoms with E-state index in [1.54, 1.807) is 10.9 Å². The number of aromatic nitrogens is 7. The molecular weight excluding hydrogens is 414 g/mol. The second kappa shape index (κ2) is 6.84. The molecule has 0 amide bonds. The molecule has 2 fully saturated rings. The minimum absolute atomic E-state index is 0.163. The van der Waals surface area contributed by atoms with E-state index in [4.69, 9.17) is 5.10 Å². The van der Waals surface area contributed by atoms with Crippen molar-refractivity contribution in [1.82, 2.24) is 34.3 Å². The van der Waals surface area contributed by atoms with Crippen LogP contribution in [0.4, 0.5) is 0 Å². The number of fused-ring (bicyclic) bond motifs is 2. The third-order valence-corrected chi connectivity index (χ3v) is 6.72. The van der Waals surface area contributed by atoms with Crippen LogP contribution in [-0.2, 0) is 13.6 Å². The average molecular weight is 438 g/mol. The van der Waals surface area contributed by atoms with Gasteiger partial charge >= 0.3 is 0 Å². The molecule has 0 aliphatic heterocycles. The normalized spacial score (nSPS) is 16.2. The van der Waals surface area contributed by atoms with Crippen LogP contribution in [0.25, 0.3) is 38.8 Å². The molecule has 5 aromatic rings. The van der Waals surface area contributed by atoms with Crippen molar-refractivity contribution in [2.75, 3.05) is 0 Å². The van der Waals surface area contributed by atoms with Crippen LogP contribution < -0.4 is 5.56 Å². The van der Waals surface area contributed by atoms with Crippen LogP contribution in [0.5, 0.6) is 0 Å². The summed E-state index contributed by atoms with van der Waals surface area (Å²) in [4.78, 5) is 18.6. The summed E-state index contributed by atoms with van der Waals surface area (Å²) in [5, 5.41) is 14.7. The predicted octanol–water partition coefficient (Wildman–Crippen LogP) is 3.82. The zero-order valence-electron chi connectivity index (χ0n) is 18.3. The van der Waals surface area contributed by atoms with Gasteiger partial charge in [0.05, 0.1) is 23.0 Å². The summed E-state index contributed by atoms with van der Waals surface area (Å²) in [6, 6.07) is 9.86. The molecule has 7 rings (SSSR count). The number of aryl methyl sites for hydroxylation is 1. The molecule has 4 aromatic heterocycles. The Balaban J connectivity index is 1.45. The van der Waals surface area contributed by atoms with Gasteiger partial charge in [-0.3, -0.25) is 19.1 Å². The van der Waals surface area contributed by atoms with Gasteiger partial charge in [0, 0.05) is 48.5 Å². The van der Waals surface area contributed by atoms with Crippen molar-refractivity contribution in [2.45, 2.75) is 38.1 Å². The molecule has 2 aliphatic carbocycles. The number of rotatable bonds is 5. The van der Waals surface area contributed by atoms with Gasteiger partial charge in [0.1, 0.15) is 11.0 Å². The Hall–Kier alpha value is -3.81. The summed E-state index contributed by atoms with van der Waals surface area (Å²) in [5.74, 6) is 1.20. The molecule has 0 spiro atoms. The zero-order valence-corrected chi connectivity index (χ0v) is 18.3. The highest BCUT2D eigenvalue weighted by atomic mass is 16.1. The third-order valence-electron chi connectivity index (χ3n) is 6.72. The lowest BCUT2D eigenvalue weighted by Crippen LogP contribution is -2.24. The van der Waals surface area contributed by atoms with Crippen molar-refractivity contribution in [1.29, 1.82) is 0 Å². The maximum absolute atomic E-state index is 13.9. The maximum Gasteiger partial charge on any atom is 0.281 e. The van der Waals surface area contributed by atoms with Gasteiger partial charge in [-0.05, 0) is 55.9 Å². The largest absolute Gasteiger partial charge is 0.281 e. The molecule has 0 atom stereocenters. The van der Waals surface area contributed by atoms with Crippen molar-refractivity contribution < 1.29 is 0 Å². The monoisotopic (exact) mass is 437 g/mol. The van der Waals surface area contributed by atoms with E-state index in [1.807, 2.05) is 48.4 Å². The van der Waals surface area contributed by atoms with Gasteiger partial charge in [-0.15, -0.1) is 0 Å². The SMILES string of the molecule is Cn1cc2cc(-n3nc4cnn(CC5CC5)c4c(-c4ccc(C5CC5)nc4)c3=O)ccc2n1. The Morgan fingerprint density at radius 2 is 1.88 bits per heavy atom. The summed E-state index contributed by atoms with van der Waals surface area (Å²) in [6.45, 7) is 0.816. The predicted molar refractivity (Wildman–Crippen MR) is 125 cm³/mol. The first-order valence-electron chi connectivity index (χ1n) is 11.5. The molecule has 8 heteroatoms. The number of hydrogen-bond acceptors (Lipinski definition) is 5. The van der Waals surface area contributed by atoms with Crippen LogP contribution in [0, 0.1) is 5.92 Å². The van der Waals surface area contributed by atoms with Crippen LogP contribution in [0.1, 0.15) is 37.3 Å². The standard InChI is InChI=1S/C25H23N7O/c1-30-14-18-10-19(7-9-21(18)28-30)32-25(33)23(17-6-8-20(26-11-17)16-4-5-16)24-22(29-32)12-27-31(24)13-15-2-3-15/h6-12,14-16H,2-5,13H2,1H3. The van der Waals surface area contributed by atoms with Crippen LogP contribution in [-0.4, -0.2) is 34.3 Å². The fraction of sp³-hybridized carbons (Fsp3) is 0.320. The molecule has 8 nitrogen and oxygen atoms in total. The van der Waals surface area contributed by atoms with Gasteiger partial charge in [-0.2, -0.15) is 20.0 Å². The molecule has 0 N–H and O–H groups in total. The number of hydrogen-bond donors (Lipinski definition) is 0. The van der Waals surface area contributed by atoms with Crippen molar-refractivity contribution in [2.24, 2.45) is 13.0 Å². The van der Waals surface area contributed by atoms with Gasteiger partial charge in [0.15, 0.2) is 0 Å². The molecule has 33 heavy (non-hydrogen) atoms. The summed E-state index contributed by atoms with van der Waals surface area (Å²) in [5.41, 5.74) is 5.47. The first kappa shape index (κ1) is 18.7. The maximum atomic E-state index is 13.9. The number of nitrogens with zero attached hydrogens (tertiary/aromatic N) is 7. The van der Waals surface area contributed by atoms with Crippen LogP contribution in [0.2, 0.25) is 0 Å².